The molecule has 1 heterocycles. The highest BCUT2D eigenvalue weighted by atomic mass is 127. The van der Waals surface area contributed by atoms with E-state index in [1.54, 1.807) is 0 Å². The zero-order valence-electron chi connectivity index (χ0n) is 15.6. The number of likely N-dealkylation sites (tertiary alicyclic amines) is 1. The van der Waals surface area contributed by atoms with E-state index >= 15 is 0 Å². The van der Waals surface area contributed by atoms with Crippen molar-refractivity contribution in [3.63, 3.8) is 0 Å². The second kappa shape index (κ2) is 13.2. The zero-order valence-corrected chi connectivity index (χ0v) is 17.9. The highest BCUT2D eigenvalue weighted by molar-refractivity contribution is 14.0. The molecule has 2 rings (SSSR count). The van der Waals surface area contributed by atoms with E-state index < -0.39 is 0 Å². The number of guanidine groups is 1. The molecule has 0 aromatic rings. The van der Waals surface area contributed by atoms with Gasteiger partial charge in [-0.3, -0.25) is 4.99 Å². The third-order valence-electron chi connectivity index (χ3n) is 4.79. The van der Waals surface area contributed by atoms with Crippen molar-refractivity contribution in [2.24, 2.45) is 16.8 Å². The van der Waals surface area contributed by atoms with Gasteiger partial charge in [0.25, 0.3) is 0 Å². The number of nitrogens with one attached hydrogen (secondary N) is 2. The van der Waals surface area contributed by atoms with E-state index in [-0.39, 0.29) is 24.0 Å². The molecule has 0 amide bonds. The number of ether oxygens (including phenoxy) is 1. The molecular weight excluding hydrogens is 415 g/mol. The number of piperidine rings is 1. The third-order valence-corrected chi connectivity index (χ3v) is 4.79. The van der Waals surface area contributed by atoms with Crippen molar-refractivity contribution in [2.45, 2.75) is 45.4 Å². The monoisotopic (exact) mass is 452 g/mol. The molecule has 0 unspecified atom stereocenters. The van der Waals surface area contributed by atoms with Crippen LogP contribution in [0.3, 0.4) is 0 Å². The Morgan fingerprint density at radius 3 is 2.54 bits per heavy atom. The first kappa shape index (κ1) is 22.0. The standard InChI is InChI=1S/C18H36N4O.HI/c1-3-19-18(20-10-4-14-23-15-17-5-6-17)21-11-7-16-8-12-22(2)13-9-16;/h16-17H,3-15H2,1-2H3,(H2,19,20,21);1H. The molecule has 1 saturated heterocycles. The van der Waals surface area contributed by atoms with Gasteiger partial charge in [-0.05, 0) is 77.4 Å². The van der Waals surface area contributed by atoms with Crippen molar-refractivity contribution < 1.29 is 4.74 Å². The Balaban J connectivity index is 0.00000288. The third kappa shape index (κ3) is 10.0. The van der Waals surface area contributed by atoms with Crippen molar-refractivity contribution >= 4 is 29.9 Å². The smallest absolute Gasteiger partial charge is 0.191 e. The van der Waals surface area contributed by atoms with Gasteiger partial charge in [-0.15, -0.1) is 24.0 Å². The highest BCUT2D eigenvalue weighted by Gasteiger charge is 2.20. The van der Waals surface area contributed by atoms with E-state index in [1.807, 2.05) is 0 Å². The Bertz CT molecular complexity index is 342. The lowest BCUT2D eigenvalue weighted by atomic mass is 9.94. The molecule has 24 heavy (non-hydrogen) atoms. The maximum atomic E-state index is 5.65. The number of rotatable bonds is 10. The molecule has 0 spiro atoms. The van der Waals surface area contributed by atoms with Crippen LogP contribution in [-0.2, 0) is 4.74 Å². The van der Waals surface area contributed by atoms with Gasteiger partial charge in [0.15, 0.2) is 5.96 Å². The van der Waals surface area contributed by atoms with Crippen LogP contribution >= 0.6 is 24.0 Å². The summed E-state index contributed by atoms with van der Waals surface area (Å²) in [6, 6.07) is 0. The molecule has 0 radical (unpaired) electrons. The van der Waals surface area contributed by atoms with E-state index in [9.17, 15) is 0 Å². The molecule has 2 fully saturated rings. The van der Waals surface area contributed by atoms with Gasteiger partial charge in [0.2, 0.25) is 0 Å². The van der Waals surface area contributed by atoms with Crippen LogP contribution in [0.25, 0.3) is 0 Å². The Morgan fingerprint density at radius 1 is 1.12 bits per heavy atom. The zero-order chi connectivity index (χ0) is 16.3. The first-order valence-electron chi connectivity index (χ1n) is 9.56. The normalized spacial score (nSPS) is 19.8. The van der Waals surface area contributed by atoms with Crippen molar-refractivity contribution in [1.82, 2.24) is 15.5 Å². The van der Waals surface area contributed by atoms with Crippen molar-refractivity contribution in [3.05, 3.63) is 0 Å². The number of halogens is 1. The molecule has 2 N–H and O–H groups in total. The van der Waals surface area contributed by atoms with Gasteiger partial charge in [-0.25, -0.2) is 0 Å². The summed E-state index contributed by atoms with van der Waals surface area (Å²) in [7, 11) is 2.22. The molecule has 1 aliphatic carbocycles. The Hall–Kier alpha value is -0.0800. The van der Waals surface area contributed by atoms with Crippen molar-refractivity contribution in [1.29, 1.82) is 0 Å². The fourth-order valence-electron chi connectivity index (χ4n) is 2.98. The van der Waals surface area contributed by atoms with E-state index in [4.69, 9.17) is 4.74 Å². The predicted molar refractivity (Wildman–Crippen MR) is 112 cm³/mol. The van der Waals surface area contributed by atoms with Crippen molar-refractivity contribution in [2.75, 3.05) is 53.0 Å². The Morgan fingerprint density at radius 2 is 1.88 bits per heavy atom. The van der Waals surface area contributed by atoms with E-state index in [0.717, 1.165) is 57.1 Å². The average Bonchev–Trinajstić information content (AvgIpc) is 3.37. The minimum atomic E-state index is 0. The molecule has 0 bridgehead atoms. The molecule has 5 nitrogen and oxygen atoms in total. The highest BCUT2D eigenvalue weighted by Crippen LogP contribution is 2.28. The lowest BCUT2D eigenvalue weighted by molar-refractivity contribution is 0.123. The predicted octanol–water partition coefficient (Wildman–Crippen LogP) is 2.71. The number of hydrogen-bond acceptors (Lipinski definition) is 3. The fraction of sp³-hybridized carbons (Fsp3) is 0.944. The van der Waals surface area contributed by atoms with Crippen LogP contribution in [0.15, 0.2) is 4.99 Å². The molecular formula is C18H37IN4O. The topological polar surface area (TPSA) is 48.9 Å². The molecule has 1 saturated carbocycles. The summed E-state index contributed by atoms with van der Waals surface area (Å²) in [6.45, 7) is 9.20. The van der Waals surface area contributed by atoms with E-state index in [0.29, 0.717) is 0 Å². The second-order valence-corrected chi connectivity index (χ2v) is 7.09. The maximum Gasteiger partial charge on any atom is 0.191 e. The summed E-state index contributed by atoms with van der Waals surface area (Å²) in [5.41, 5.74) is 0. The molecule has 6 heteroatoms. The lowest BCUT2D eigenvalue weighted by Crippen LogP contribution is -2.39. The molecule has 0 atom stereocenters. The van der Waals surface area contributed by atoms with E-state index in [1.165, 1.54) is 45.2 Å². The number of hydrogen-bond donors (Lipinski definition) is 2. The Labute approximate surface area is 165 Å². The van der Waals surface area contributed by atoms with Gasteiger partial charge in [0.05, 0.1) is 0 Å². The fourth-order valence-corrected chi connectivity index (χ4v) is 2.98. The number of aliphatic imine (C=N–C) groups is 1. The largest absolute Gasteiger partial charge is 0.381 e. The first-order chi connectivity index (χ1) is 11.3. The van der Waals surface area contributed by atoms with Crippen LogP contribution in [0.2, 0.25) is 0 Å². The lowest BCUT2D eigenvalue weighted by Gasteiger charge is -2.29. The minimum Gasteiger partial charge on any atom is -0.381 e. The summed E-state index contributed by atoms with van der Waals surface area (Å²) < 4.78 is 5.65. The maximum absolute atomic E-state index is 5.65. The number of nitrogens with zero attached hydrogens (tertiary/aromatic N) is 2. The average molecular weight is 452 g/mol. The molecule has 1 aliphatic heterocycles. The quantitative estimate of drug-likeness (QED) is 0.232. The van der Waals surface area contributed by atoms with Crippen LogP contribution < -0.4 is 10.6 Å². The van der Waals surface area contributed by atoms with Gasteiger partial charge in [0.1, 0.15) is 0 Å². The second-order valence-electron chi connectivity index (χ2n) is 7.09. The van der Waals surface area contributed by atoms with Gasteiger partial charge in [-0.1, -0.05) is 0 Å². The summed E-state index contributed by atoms with van der Waals surface area (Å²) in [4.78, 5) is 7.08. The van der Waals surface area contributed by atoms with Crippen LogP contribution in [0.5, 0.6) is 0 Å². The van der Waals surface area contributed by atoms with Gasteiger partial charge < -0.3 is 20.3 Å². The van der Waals surface area contributed by atoms with Crippen LogP contribution in [-0.4, -0.2) is 63.8 Å². The summed E-state index contributed by atoms with van der Waals surface area (Å²) in [6.07, 6.45) is 7.67. The molecule has 142 valence electrons. The van der Waals surface area contributed by atoms with Crippen LogP contribution in [0, 0.1) is 11.8 Å². The summed E-state index contributed by atoms with van der Waals surface area (Å²) in [5.74, 6) is 2.69. The molecule has 0 aromatic heterocycles. The summed E-state index contributed by atoms with van der Waals surface area (Å²) >= 11 is 0. The SMILES string of the molecule is CCNC(=NCCCOCC1CC1)NCCC1CCN(C)CC1.I. The molecule has 2 aliphatic rings. The van der Waals surface area contributed by atoms with Gasteiger partial charge in [0, 0.05) is 32.8 Å². The van der Waals surface area contributed by atoms with Crippen LogP contribution in [0.4, 0.5) is 0 Å². The first-order valence-corrected chi connectivity index (χ1v) is 9.56. The van der Waals surface area contributed by atoms with E-state index in [2.05, 4.69) is 34.5 Å². The summed E-state index contributed by atoms with van der Waals surface area (Å²) in [5, 5.41) is 6.82. The van der Waals surface area contributed by atoms with Crippen molar-refractivity contribution in [3.8, 4) is 0 Å². The molecule has 0 aromatic carbocycles. The van der Waals surface area contributed by atoms with Gasteiger partial charge >= 0.3 is 0 Å². The van der Waals surface area contributed by atoms with Gasteiger partial charge in [-0.2, -0.15) is 0 Å². The minimum absolute atomic E-state index is 0. The Kier molecular flexibility index (Phi) is 12.0. The van der Waals surface area contributed by atoms with Crippen LogP contribution in [0.1, 0.15) is 45.4 Å².